The highest BCUT2D eigenvalue weighted by Crippen LogP contribution is 2.24. The second-order valence-corrected chi connectivity index (χ2v) is 5.97. The van der Waals surface area contributed by atoms with Crippen LogP contribution in [0.3, 0.4) is 0 Å². The number of halogens is 1. The first kappa shape index (κ1) is 17.5. The van der Waals surface area contributed by atoms with Crippen LogP contribution in [0.5, 0.6) is 0 Å². The highest BCUT2D eigenvalue weighted by molar-refractivity contribution is 5.85. The molecule has 1 aliphatic heterocycles. The fourth-order valence-electron chi connectivity index (χ4n) is 2.80. The summed E-state index contributed by atoms with van der Waals surface area (Å²) in [5.41, 5.74) is 2.22. The smallest absolute Gasteiger partial charge is 0.223 e. The van der Waals surface area contributed by atoms with Crippen molar-refractivity contribution in [2.24, 2.45) is 11.8 Å². The Morgan fingerprint density at radius 1 is 1.00 bits per heavy atom. The number of carbonyl (C=O) groups is 1. The second-order valence-electron chi connectivity index (χ2n) is 5.97. The minimum Gasteiger partial charge on any atom is -0.345 e. The Kier molecular flexibility index (Phi) is 6.20. The third-order valence-electron chi connectivity index (χ3n) is 4.49. The molecule has 122 valence electrons. The van der Waals surface area contributed by atoms with Crippen LogP contribution in [0.15, 0.2) is 60.7 Å². The number of nitrogens with one attached hydrogen (secondary N) is 2. The summed E-state index contributed by atoms with van der Waals surface area (Å²) in [6.45, 7) is 3.90. The van der Waals surface area contributed by atoms with E-state index >= 15 is 0 Å². The molecule has 1 saturated heterocycles. The third-order valence-corrected chi connectivity index (χ3v) is 4.49. The summed E-state index contributed by atoms with van der Waals surface area (Å²) in [7, 11) is 0. The highest BCUT2D eigenvalue weighted by atomic mass is 35.5. The van der Waals surface area contributed by atoms with Gasteiger partial charge >= 0.3 is 0 Å². The molecule has 0 aliphatic carbocycles. The minimum atomic E-state index is -0.0922. The average Bonchev–Trinajstić information content (AvgIpc) is 2.52. The molecule has 4 heteroatoms. The molecule has 0 bridgehead atoms. The van der Waals surface area contributed by atoms with E-state index in [9.17, 15) is 4.79 Å². The number of carbonyl (C=O) groups excluding carboxylic acids is 1. The van der Waals surface area contributed by atoms with Gasteiger partial charge in [-0.05, 0) is 30.1 Å². The topological polar surface area (TPSA) is 41.1 Å². The molecule has 1 unspecified atom stereocenters. The van der Waals surface area contributed by atoms with Gasteiger partial charge in [0, 0.05) is 5.92 Å². The molecule has 1 atom stereocenters. The molecule has 2 aromatic carbocycles. The predicted molar refractivity (Wildman–Crippen MR) is 95.6 cm³/mol. The third kappa shape index (κ3) is 4.12. The van der Waals surface area contributed by atoms with Crippen molar-refractivity contribution in [3.05, 3.63) is 71.8 Å². The Bertz CT molecular complexity index is 574. The van der Waals surface area contributed by atoms with Crippen molar-refractivity contribution in [2.75, 3.05) is 13.1 Å². The first-order chi connectivity index (χ1) is 10.8. The van der Waals surface area contributed by atoms with Crippen LogP contribution in [-0.4, -0.2) is 19.0 Å². The van der Waals surface area contributed by atoms with Crippen LogP contribution >= 0.6 is 12.4 Å². The Labute approximate surface area is 143 Å². The van der Waals surface area contributed by atoms with Crippen LogP contribution in [0, 0.1) is 11.8 Å². The van der Waals surface area contributed by atoms with Crippen LogP contribution in [-0.2, 0) is 4.79 Å². The molecule has 2 aromatic rings. The first-order valence-electron chi connectivity index (χ1n) is 7.86. The number of hydrogen-bond acceptors (Lipinski definition) is 2. The van der Waals surface area contributed by atoms with Crippen LogP contribution in [0.25, 0.3) is 0 Å². The van der Waals surface area contributed by atoms with Crippen molar-refractivity contribution in [3.63, 3.8) is 0 Å². The average molecular weight is 331 g/mol. The number of amides is 1. The molecule has 0 saturated carbocycles. The molecular formula is C19H23ClN2O. The number of hydrogen-bond donors (Lipinski definition) is 2. The van der Waals surface area contributed by atoms with Gasteiger partial charge in [-0.25, -0.2) is 0 Å². The normalized spacial score (nSPS) is 15.4. The Morgan fingerprint density at radius 3 is 1.87 bits per heavy atom. The fraction of sp³-hybridized carbons (Fsp3) is 0.316. The quantitative estimate of drug-likeness (QED) is 0.884. The van der Waals surface area contributed by atoms with E-state index < -0.39 is 0 Å². The summed E-state index contributed by atoms with van der Waals surface area (Å²) in [4.78, 5) is 12.6. The summed E-state index contributed by atoms with van der Waals surface area (Å²) in [5.74, 6) is 0.618. The van der Waals surface area contributed by atoms with E-state index in [1.54, 1.807) is 0 Å². The lowest BCUT2D eigenvalue weighted by molar-refractivity contribution is -0.127. The molecule has 0 spiro atoms. The van der Waals surface area contributed by atoms with Crippen molar-refractivity contribution < 1.29 is 4.79 Å². The van der Waals surface area contributed by atoms with E-state index in [2.05, 4.69) is 34.9 Å². The van der Waals surface area contributed by atoms with Gasteiger partial charge in [-0.2, -0.15) is 0 Å². The van der Waals surface area contributed by atoms with Crippen molar-refractivity contribution in [1.29, 1.82) is 0 Å². The van der Waals surface area contributed by atoms with Crippen molar-refractivity contribution >= 4 is 18.3 Å². The zero-order valence-electron chi connectivity index (χ0n) is 13.2. The van der Waals surface area contributed by atoms with Gasteiger partial charge in [-0.3, -0.25) is 4.79 Å². The SMILES string of the molecule is CC(C(=O)NC(c1ccccc1)c1ccccc1)C1CNC1.Cl. The van der Waals surface area contributed by atoms with E-state index in [0.717, 1.165) is 24.2 Å². The molecule has 1 amide bonds. The van der Waals surface area contributed by atoms with Gasteiger partial charge in [0.15, 0.2) is 0 Å². The van der Waals surface area contributed by atoms with Gasteiger partial charge < -0.3 is 10.6 Å². The minimum absolute atomic E-state index is 0. The molecule has 1 fully saturated rings. The summed E-state index contributed by atoms with van der Waals surface area (Å²) in [5, 5.41) is 6.47. The maximum Gasteiger partial charge on any atom is 0.223 e. The van der Waals surface area contributed by atoms with E-state index in [-0.39, 0.29) is 30.3 Å². The molecule has 23 heavy (non-hydrogen) atoms. The molecule has 0 radical (unpaired) electrons. The summed E-state index contributed by atoms with van der Waals surface area (Å²) in [6, 6.07) is 20.2. The van der Waals surface area contributed by atoms with Gasteiger partial charge in [0.1, 0.15) is 0 Å². The van der Waals surface area contributed by atoms with Gasteiger partial charge in [0.2, 0.25) is 5.91 Å². The second kappa shape index (κ2) is 8.14. The lowest BCUT2D eigenvalue weighted by atomic mass is 9.87. The Hall–Kier alpha value is -1.84. The maximum absolute atomic E-state index is 12.6. The van der Waals surface area contributed by atoms with Crippen LogP contribution in [0.4, 0.5) is 0 Å². The molecule has 1 heterocycles. The summed E-state index contributed by atoms with van der Waals surface area (Å²) < 4.78 is 0. The Balaban J connectivity index is 0.00000192. The first-order valence-corrected chi connectivity index (χ1v) is 7.86. The van der Waals surface area contributed by atoms with Crippen LogP contribution < -0.4 is 10.6 Å². The van der Waals surface area contributed by atoms with Gasteiger partial charge in [-0.1, -0.05) is 67.6 Å². The maximum atomic E-state index is 12.6. The van der Waals surface area contributed by atoms with E-state index in [0.29, 0.717) is 5.92 Å². The van der Waals surface area contributed by atoms with E-state index in [4.69, 9.17) is 0 Å². The Morgan fingerprint density at radius 2 is 1.48 bits per heavy atom. The summed E-state index contributed by atoms with van der Waals surface area (Å²) in [6.07, 6.45) is 0. The fourth-order valence-corrected chi connectivity index (χ4v) is 2.80. The van der Waals surface area contributed by atoms with Crippen molar-refractivity contribution in [1.82, 2.24) is 10.6 Å². The van der Waals surface area contributed by atoms with Crippen LogP contribution in [0.2, 0.25) is 0 Å². The van der Waals surface area contributed by atoms with Crippen molar-refractivity contribution in [2.45, 2.75) is 13.0 Å². The molecular weight excluding hydrogens is 308 g/mol. The van der Waals surface area contributed by atoms with E-state index in [1.165, 1.54) is 0 Å². The molecule has 3 nitrogen and oxygen atoms in total. The zero-order valence-corrected chi connectivity index (χ0v) is 14.1. The molecule has 1 aliphatic rings. The largest absolute Gasteiger partial charge is 0.345 e. The van der Waals surface area contributed by atoms with Gasteiger partial charge in [0.05, 0.1) is 6.04 Å². The lowest BCUT2D eigenvalue weighted by Gasteiger charge is -2.33. The number of benzene rings is 2. The van der Waals surface area contributed by atoms with E-state index in [1.807, 2.05) is 43.3 Å². The predicted octanol–water partition coefficient (Wildman–Crippen LogP) is 3.17. The monoisotopic (exact) mass is 330 g/mol. The lowest BCUT2D eigenvalue weighted by Crippen LogP contribution is -2.50. The molecule has 3 rings (SSSR count). The van der Waals surface area contributed by atoms with Crippen LogP contribution in [0.1, 0.15) is 24.1 Å². The number of rotatable bonds is 5. The molecule has 0 aromatic heterocycles. The summed E-state index contributed by atoms with van der Waals surface area (Å²) >= 11 is 0. The van der Waals surface area contributed by atoms with Crippen molar-refractivity contribution in [3.8, 4) is 0 Å². The standard InChI is InChI=1S/C19H22N2O.ClH/c1-14(17-12-20-13-17)19(22)21-18(15-8-4-2-5-9-15)16-10-6-3-7-11-16;/h2-11,14,17-18,20H,12-13H2,1H3,(H,21,22);1H. The van der Waals surface area contributed by atoms with Gasteiger partial charge in [-0.15, -0.1) is 12.4 Å². The molecule has 2 N–H and O–H groups in total. The van der Waals surface area contributed by atoms with Gasteiger partial charge in [0.25, 0.3) is 0 Å². The zero-order chi connectivity index (χ0) is 15.4. The highest BCUT2D eigenvalue weighted by Gasteiger charge is 2.30.